The summed E-state index contributed by atoms with van der Waals surface area (Å²) in [6.07, 6.45) is 12.5. The van der Waals surface area contributed by atoms with Crippen LogP contribution in [-0.2, 0) is 6.54 Å². The van der Waals surface area contributed by atoms with Crippen molar-refractivity contribution in [3.05, 3.63) is 30.4 Å². The van der Waals surface area contributed by atoms with Crippen LogP contribution < -0.4 is 0 Å². The first-order valence-corrected chi connectivity index (χ1v) is 7.76. The molecule has 5 nitrogen and oxygen atoms in total. The van der Waals surface area contributed by atoms with Crippen LogP contribution in [0.2, 0.25) is 0 Å². The zero-order valence-electron chi connectivity index (χ0n) is 11.5. The highest BCUT2D eigenvalue weighted by atomic mass is 15.3. The Kier molecular flexibility index (Phi) is 2.17. The van der Waals surface area contributed by atoms with Gasteiger partial charge in [0.15, 0.2) is 5.82 Å². The van der Waals surface area contributed by atoms with E-state index in [0.29, 0.717) is 12.0 Å². The van der Waals surface area contributed by atoms with Gasteiger partial charge in [-0.05, 0) is 43.9 Å². The van der Waals surface area contributed by atoms with Gasteiger partial charge in [-0.2, -0.15) is 0 Å². The van der Waals surface area contributed by atoms with Gasteiger partial charge >= 0.3 is 0 Å². The van der Waals surface area contributed by atoms with Gasteiger partial charge < -0.3 is 9.13 Å². The van der Waals surface area contributed by atoms with Crippen molar-refractivity contribution in [2.75, 3.05) is 0 Å². The maximum Gasteiger partial charge on any atom is 0.153 e. The largest absolute Gasteiger partial charge is 0.330 e. The molecule has 6 rings (SSSR count). The molecule has 2 fully saturated rings. The van der Waals surface area contributed by atoms with Gasteiger partial charge in [-0.1, -0.05) is 0 Å². The van der Waals surface area contributed by atoms with E-state index in [1.807, 2.05) is 18.7 Å². The van der Waals surface area contributed by atoms with Crippen LogP contribution in [0.4, 0.5) is 0 Å². The Labute approximate surface area is 118 Å². The van der Waals surface area contributed by atoms with Gasteiger partial charge in [0.05, 0.1) is 12.9 Å². The molecule has 2 aromatic heterocycles. The zero-order valence-corrected chi connectivity index (χ0v) is 11.5. The van der Waals surface area contributed by atoms with Gasteiger partial charge in [-0.3, -0.25) is 0 Å². The van der Waals surface area contributed by atoms with Crippen molar-refractivity contribution in [1.82, 2.24) is 24.3 Å². The van der Waals surface area contributed by atoms with Crippen molar-refractivity contribution in [3.63, 3.8) is 0 Å². The second kappa shape index (κ2) is 3.93. The maximum absolute atomic E-state index is 4.57. The number of aromatic nitrogens is 5. The Balaban J connectivity index is 1.58. The van der Waals surface area contributed by atoms with E-state index < -0.39 is 0 Å². The summed E-state index contributed by atoms with van der Waals surface area (Å²) in [6.45, 7) is 0.797. The van der Waals surface area contributed by atoms with Gasteiger partial charge in [-0.15, -0.1) is 10.2 Å². The predicted octanol–water partition coefficient (Wildman–Crippen LogP) is 2.37. The van der Waals surface area contributed by atoms with Crippen molar-refractivity contribution in [1.29, 1.82) is 0 Å². The molecule has 2 aromatic rings. The van der Waals surface area contributed by atoms with Gasteiger partial charge in [-0.25, -0.2) is 4.98 Å². The summed E-state index contributed by atoms with van der Waals surface area (Å²) in [7, 11) is 0. The van der Waals surface area contributed by atoms with Gasteiger partial charge in [0.2, 0.25) is 0 Å². The fourth-order valence-electron chi connectivity index (χ4n) is 4.90. The standard InChI is InChI=1S/C15H19N5/c1-2-19(9-16-1)8-14-17-18-15-12-4-10-3-11(5-12)7-13(6-10)20(14)15/h1-2,9-13H,3-8H2. The van der Waals surface area contributed by atoms with Crippen molar-refractivity contribution in [2.24, 2.45) is 11.8 Å². The fourth-order valence-corrected chi connectivity index (χ4v) is 4.90. The molecule has 4 heterocycles. The third-order valence-electron chi connectivity index (χ3n) is 5.52. The molecule has 2 aliphatic carbocycles. The lowest BCUT2D eigenvalue weighted by atomic mass is 9.68. The molecule has 5 heteroatoms. The van der Waals surface area contributed by atoms with Crippen LogP contribution in [0.15, 0.2) is 18.7 Å². The molecule has 4 aliphatic rings. The second-order valence-corrected chi connectivity index (χ2v) is 6.84. The number of hydrogen-bond acceptors (Lipinski definition) is 3. The minimum atomic E-state index is 0.648. The summed E-state index contributed by atoms with van der Waals surface area (Å²) in [5.41, 5.74) is 0. The molecular weight excluding hydrogens is 250 g/mol. The van der Waals surface area contributed by atoms with E-state index in [9.17, 15) is 0 Å². The quantitative estimate of drug-likeness (QED) is 0.841. The summed E-state index contributed by atoms with van der Waals surface area (Å²) in [6, 6.07) is 0.648. The molecule has 2 unspecified atom stereocenters. The van der Waals surface area contributed by atoms with E-state index in [0.717, 1.165) is 24.2 Å². The highest BCUT2D eigenvalue weighted by Gasteiger charge is 2.44. The maximum atomic E-state index is 4.57. The van der Waals surface area contributed by atoms with E-state index in [1.165, 1.54) is 37.9 Å². The number of nitrogens with zero attached hydrogens (tertiary/aromatic N) is 5. The van der Waals surface area contributed by atoms with Crippen molar-refractivity contribution < 1.29 is 0 Å². The normalized spacial score (nSPS) is 34.2. The van der Waals surface area contributed by atoms with Crippen LogP contribution in [-0.4, -0.2) is 24.3 Å². The topological polar surface area (TPSA) is 48.5 Å². The van der Waals surface area contributed by atoms with Crippen molar-refractivity contribution in [2.45, 2.75) is 50.6 Å². The Morgan fingerprint density at radius 2 is 1.90 bits per heavy atom. The van der Waals surface area contributed by atoms with E-state index >= 15 is 0 Å². The molecule has 2 aliphatic heterocycles. The average Bonchev–Trinajstić information content (AvgIpc) is 3.04. The summed E-state index contributed by atoms with van der Waals surface area (Å²) >= 11 is 0. The minimum absolute atomic E-state index is 0.648. The summed E-state index contributed by atoms with van der Waals surface area (Å²) in [5.74, 6) is 4.92. The first kappa shape index (κ1) is 11.1. The lowest BCUT2D eigenvalue weighted by Gasteiger charge is -2.38. The molecule has 4 bridgehead atoms. The van der Waals surface area contributed by atoms with Gasteiger partial charge in [0.25, 0.3) is 0 Å². The van der Waals surface area contributed by atoms with E-state index in [1.54, 1.807) is 0 Å². The SMILES string of the molecule is c1cn(Cc2nnc3n2C2CC4CC(CC3C4)C2)cn1. The Morgan fingerprint density at radius 3 is 2.65 bits per heavy atom. The van der Waals surface area contributed by atoms with Crippen LogP contribution in [0.5, 0.6) is 0 Å². The molecule has 2 atom stereocenters. The monoisotopic (exact) mass is 269 g/mol. The first-order valence-electron chi connectivity index (χ1n) is 7.76. The van der Waals surface area contributed by atoms with Crippen LogP contribution in [0.3, 0.4) is 0 Å². The number of hydrogen-bond donors (Lipinski definition) is 0. The third-order valence-corrected chi connectivity index (χ3v) is 5.52. The summed E-state index contributed by atoms with van der Waals surface area (Å²) in [4.78, 5) is 4.12. The van der Waals surface area contributed by atoms with E-state index in [-0.39, 0.29) is 0 Å². The molecule has 20 heavy (non-hydrogen) atoms. The minimum Gasteiger partial charge on any atom is -0.330 e. The van der Waals surface area contributed by atoms with Crippen molar-refractivity contribution >= 4 is 0 Å². The highest BCUT2D eigenvalue weighted by molar-refractivity contribution is 5.13. The fraction of sp³-hybridized carbons (Fsp3) is 0.667. The van der Waals surface area contributed by atoms with Crippen LogP contribution in [0.25, 0.3) is 0 Å². The summed E-state index contributed by atoms with van der Waals surface area (Å²) in [5, 5.41) is 9.08. The summed E-state index contributed by atoms with van der Waals surface area (Å²) < 4.78 is 4.58. The predicted molar refractivity (Wildman–Crippen MR) is 73.2 cm³/mol. The van der Waals surface area contributed by atoms with Crippen molar-refractivity contribution in [3.8, 4) is 0 Å². The highest BCUT2D eigenvalue weighted by Crippen LogP contribution is 2.53. The molecule has 0 saturated heterocycles. The van der Waals surface area contributed by atoms with Crippen LogP contribution in [0, 0.1) is 11.8 Å². The van der Waals surface area contributed by atoms with Gasteiger partial charge in [0.1, 0.15) is 5.82 Å². The number of imidazole rings is 1. The molecular formula is C15H19N5. The van der Waals surface area contributed by atoms with E-state index in [4.69, 9.17) is 0 Å². The zero-order chi connectivity index (χ0) is 13.1. The third kappa shape index (κ3) is 1.52. The van der Waals surface area contributed by atoms with E-state index in [2.05, 4.69) is 24.3 Å². The average molecular weight is 269 g/mol. The molecule has 0 radical (unpaired) electrons. The molecule has 2 saturated carbocycles. The molecule has 0 amide bonds. The molecule has 0 aromatic carbocycles. The first-order chi connectivity index (χ1) is 9.87. The Hall–Kier alpha value is -1.65. The molecule has 0 N–H and O–H groups in total. The molecule has 104 valence electrons. The lowest BCUT2D eigenvalue weighted by molar-refractivity contribution is 0.149. The second-order valence-electron chi connectivity index (χ2n) is 6.84. The number of rotatable bonds is 2. The lowest BCUT2D eigenvalue weighted by Crippen LogP contribution is -2.27. The smallest absolute Gasteiger partial charge is 0.153 e. The van der Waals surface area contributed by atoms with Crippen LogP contribution >= 0.6 is 0 Å². The Morgan fingerprint density at radius 1 is 1.05 bits per heavy atom. The van der Waals surface area contributed by atoms with Crippen LogP contribution in [0.1, 0.15) is 55.7 Å². The van der Waals surface area contributed by atoms with Gasteiger partial charge in [0, 0.05) is 24.4 Å². The Bertz CT molecular complexity index is 615. The molecule has 0 spiro atoms.